The molecule has 0 aromatic carbocycles. The highest BCUT2D eigenvalue weighted by molar-refractivity contribution is 7.47. The quantitative estimate of drug-likeness (QED) is 0.0146. The number of phosphoric acid groups is 2. The van der Waals surface area contributed by atoms with E-state index in [0.717, 1.165) is 167 Å². The van der Waals surface area contributed by atoms with Crippen LogP contribution in [-0.4, -0.2) is 95.9 Å². The lowest BCUT2D eigenvalue weighted by Crippen LogP contribution is -2.30. The number of unbranched alkanes of at least 4 members (excludes halogenated alkanes) is 31. The molecule has 0 heterocycles. The van der Waals surface area contributed by atoms with E-state index in [1.165, 1.54) is 116 Å². The van der Waals surface area contributed by atoms with Crippen molar-refractivity contribution in [2.45, 2.75) is 360 Å². The molecule has 5 unspecified atom stereocenters. The van der Waals surface area contributed by atoms with Crippen LogP contribution in [0.5, 0.6) is 0 Å². The highest BCUT2D eigenvalue weighted by Gasteiger charge is 2.29. The first kappa shape index (κ1) is 104. The molecule has 0 aromatic rings. The summed E-state index contributed by atoms with van der Waals surface area (Å²) in [6, 6.07) is 0. The Kier molecular flexibility index (Phi) is 79.0. The van der Waals surface area contributed by atoms with Gasteiger partial charge in [0.1, 0.15) is 25.4 Å². The summed E-state index contributed by atoms with van der Waals surface area (Å²) in [4.78, 5) is 58.8. The van der Waals surface area contributed by atoms with Gasteiger partial charge in [-0.3, -0.25) is 32.5 Å². The number of hydrogen-bond acceptors (Lipinski definition) is 14. The maximum Gasteiger partial charge on any atom is 0.472 e. The minimum absolute atomic E-state index is 0.0805. The van der Waals surface area contributed by atoms with Crippen molar-refractivity contribution in [2.75, 3.05) is 39.6 Å². The van der Waals surface area contributed by atoms with Gasteiger partial charge < -0.3 is 34.2 Å². The monoisotopic (exact) mass is 1570 g/mol. The lowest BCUT2D eigenvalue weighted by molar-refractivity contribution is -0.161. The maximum atomic E-state index is 13.0. The molecule has 624 valence electrons. The van der Waals surface area contributed by atoms with Crippen LogP contribution in [0.25, 0.3) is 0 Å². The van der Waals surface area contributed by atoms with Gasteiger partial charge in [0.25, 0.3) is 0 Å². The van der Waals surface area contributed by atoms with Gasteiger partial charge in [-0.1, -0.05) is 333 Å². The van der Waals surface area contributed by atoms with Crippen LogP contribution < -0.4 is 0 Å². The Hall–Kier alpha value is -4.83. The normalized spacial score (nSPS) is 14.7. The fourth-order valence-corrected chi connectivity index (χ4v) is 12.9. The average molecular weight is 1570 g/mol. The molecule has 18 heteroatoms. The summed E-state index contributed by atoms with van der Waals surface area (Å²) in [7, 11) is -9.81. The summed E-state index contributed by atoms with van der Waals surface area (Å²) >= 11 is 0. The highest BCUT2D eigenvalue weighted by Crippen LogP contribution is 2.45. The minimum atomic E-state index is -4.94. The lowest BCUT2D eigenvalue weighted by atomic mass is 10.0. The second-order valence-electron chi connectivity index (χ2n) is 28.2. The van der Waals surface area contributed by atoms with Crippen molar-refractivity contribution in [3.8, 4) is 0 Å². The van der Waals surface area contributed by atoms with Crippen LogP contribution in [0.1, 0.15) is 342 Å². The first-order valence-electron chi connectivity index (χ1n) is 42.8. The molecule has 0 aliphatic heterocycles. The van der Waals surface area contributed by atoms with E-state index >= 15 is 0 Å². The predicted molar refractivity (Wildman–Crippen MR) is 454 cm³/mol. The molecule has 0 amide bonds. The Labute approximate surface area is 663 Å². The molecule has 0 radical (unpaired) electrons. The number of rotatable bonds is 80. The highest BCUT2D eigenvalue weighted by atomic mass is 31.2. The lowest BCUT2D eigenvalue weighted by Gasteiger charge is -2.21. The van der Waals surface area contributed by atoms with Crippen molar-refractivity contribution >= 4 is 33.6 Å². The van der Waals surface area contributed by atoms with Crippen molar-refractivity contribution in [3.05, 3.63) is 158 Å². The molecule has 0 spiro atoms. The van der Waals surface area contributed by atoms with Crippen LogP contribution in [0, 0.1) is 0 Å². The van der Waals surface area contributed by atoms with Gasteiger partial charge in [-0.25, -0.2) is 9.13 Å². The topological polar surface area (TPSA) is 231 Å². The van der Waals surface area contributed by atoms with Gasteiger partial charge in [0.05, 0.1) is 26.4 Å². The number of carbonyl (C=O) groups excluding carboxylic acids is 3. The number of aliphatic hydroxyl groups excluding tert-OH is 2. The third-order valence-electron chi connectivity index (χ3n) is 17.7. The Morgan fingerprint density at radius 3 is 0.771 bits per heavy atom. The fraction of sp³-hybridized carbons (Fsp3) is 0.681. The molecule has 109 heavy (non-hydrogen) atoms. The van der Waals surface area contributed by atoms with E-state index in [-0.39, 0.29) is 19.3 Å². The summed E-state index contributed by atoms with van der Waals surface area (Å²) in [6.45, 7) is 2.42. The molecular formula is C91H154O16P2. The van der Waals surface area contributed by atoms with E-state index < -0.39 is 91.5 Å². The number of carbonyl (C=O) groups is 3. The standard InChI is InChI=1S/C91H154O16P2/c1-4-7-10-13-16-19-22-25-28-30-32-34-36-38-39-40-41-42-43-44-45-47-49-50-52-54-57-59-62-65-68-71-74-77-89(94)101-80-86(92)81-103-108(97,98)104-82-87(93)83-105-109(99,100)106-85-88(107-91(96)79-76-73-70-67-64-61-56-27-24-21-18-15-12-9-6-3)84-102-90(95)78-75-72-69-66-63-60-58-55-53-51-48-46-37-35-33-31-29-26-23-20-17-14-11-8-5-2/h7,9-10,12,16-21,25-29,32-35,38-39,41-42,46,48,56,86-88,92-93H,4-6,8,11,13-15,22-24,30-31,36-37,40,43-45,47,49-55,57-85H2,1-3H3,(H,97,98)(H,99,100)/b10-7-,12-9-,19-16-,20-17-,21-18-,28-25-,29-26-,34-32-,35-33-,39-38-,42-41-,48-46-,56-27-. The van der Waals surface area contributed by atoms with Gasteiger partial charge in [-0.15, -0.1) is 0 Å². The second kappa shape index (κ2) is 82.6. The molecule has 0 rings (SSSR count). The Balaban J connectivity index is 4.49. The van der Waals surface area contributed by atoms with Crippen LogP contribution in [0.15, 0.2) is 158 Å². The van der Waals surface area contributed by atoms with Gasteiger partial charge in [0, 0.05) is 19.3 Å². The molecule has 5 atom stereocenters. The molecule has 0 saturated heterocycles. The third kappa shape index (κ3) is 83.9. The molecule has 4 N–H and O–H groups in total. The zero-order chi connectivity index (χ0) is 79.4. The van der Waals surface area contributed by atoms with Gasteiger partial charge >= 0.3 is 33.6 Å². The van der Waals surface area contributed by atoms with Gasteiger partial charge in [-0.05, 0) is 148 Å². The van der Waals surface area contributed by atoms with Gasteiger partial charge in [0.15, 0.2) is 6.10 Å². The molecule has 0 fully saturated rings. The van der Waals surface area contributed by atoms with Crippen LogP contribution in [0.3, 0.4) is 0 Å². The van der Waals surface area contributed by atoms with Crippen molar-refractivity contribution in [1.29, 1.82) is 0 Å². The molecule has 0 aliphatic carbocycles. The number of phosphoric ester groups is 2. The number of esters is 3. The summed E-state index contributed by atoms with van der Waals surface area (Å²) in [5.74, 6) is -1.60. The Morgan fingerprint density at radius 2 is 0.486 bits per heavy atom. The molecule has 0 aromatic heterocycles. The molecule has 0 aliphatic rings. The van der Waals surface area contributed by atoms with Crippen molar-refractivity contribution in [3.63, 3.8) is 0 Å². The van der Waals surface area contributed by atoms with E-state index in [1.807, 2.05) is 0 Å². The first-order valence-corrected chi connectivity index (χ1v) is 45.8. The van der Waals surface area contributed by atoms with E-state index in [2.05, 4.69) is 179 Å². The van der Waals surface area contributed by atoms with Crippen LogP contribution in [-0.2, 0) is 55.8 Å². The molecular weight excluding hydrogens is 1410 g/mol. The zero-order valence-corrected chi connectivity index (χ0v) is 70.2. The Morgan fingerprint density at radius 1 is 0.266 bits per heavy atom. The van der Waals surface area contributed by atoms with E-state index in [4.69, 9.17) is 32.3 Å². The van der Waals surface area contributed by atoms with Gasteiger partial charge in [0.2, 0.25) is 0 Å². The fourth-order valence-electron chi connectivity index (χ4n) is 11.3. The minimum Gasteiger partial charge on any atom is -0.463 e. The van der Waals surface area contributed by atoms with E-state index in [1.54, 1.807) is 0 Å². The predicted octanol–water partition coefficient (Wildman–Crippen LogP) is 25.8. The largest absolute Gasteiger partial charge is 0.472 e. The van der Waals surface area contributed by atoms with E-state index in [0.29, 0.717) is 19.3 Å². The van der Waals surface area contributed by atoms with Crippen LogP contribution in [0.4, 0.5) is 0 Å². The van der Waals surface area contributed by atoms with Crippen molar-refractivity contribution in [2.24, 2.45) is 0 Å². The van der Waals surface area contributed by atoms with Crippen LogP contribution in [0.2, 0.25) is 0 Å². The number of allylic oxidation sites excluding steroid dienone is 26. The van der Waals surface area contributed by atoms with Crippen LogP contribution >= 0.6 is 15.6 Å². The third-order valence-corrected chi connectivity index (χ3v) is 19.6. The molecule has 16 nitrogen and oxygen atoms in total. The number of hydrogen-bond donors (Lipinski definition) is 4. The Bertz CT molecular complexity index is 2610. The van der Waals surface area contributed by atoms with Crippen molar-refractivity contribution in [1.82, 2.24) is 0 Å². The summed E-state index contributed by atoms with van der Waals surface area (Å²) in [6.07, 6.45) is 104. The van der Waals surface area contributed by atoms with Gasteiger partial charge in [-0.2, -0.15) is 0 Å². The number of ether oxygens (including phenoxy) is 3. The summed E-state index contributed by atoms with van der Waals surface area (Å²) in [5, 5.41) is 20.7. The SMILES string of the molecule is CC/C=C\C/C=C\C/C=C\C/C=C\C/C=C\C/C=C\CCCCCCCCCCCCCCCCC(=O)OCC(O)COP(=O)(O)OCC(O)COP(=O)(O)OCC(COC(=O)CCCCCCCCCCC/C=C\C/C=C\C/C=C\C/C=C\CCCCC)OC(=O)CCCCCCC/C=C\C/C=C\C/C=C\CC. The van der Waals surface area contributed by atoms with Crippen molar-refractivity contribution < 1.29 is 75.8 Å². The van der Waals surface area contributed by atoms with E-state index in [9.17, 15) is 43.5 Å². The molecule has 0 saturated carbocycles. The smallest absolute Gasteiger partial charge is 0.463 e. The summed E-state index contributed by atoms with van der Waals surface area (Å²) in [5.41, 5.74) is 0. The second-order valence-corrected chi connectivity index (χ2v) is 31.1. The molecule has 0 bridgehead atoms. The summed E-state index contributed by atoms with van der Waals surface area (Å²) < 4.78 is 61.3. The maximum absolute atomic E-state index is 13.0. The first-order chi connectivity index (χ1) is 53.2. The number of aliphatic hydroxyl groups is 2. The average Bonchev–Trinajstić information content (AvgIpc) is 0.903. The zero-order valence-electron chi connectivity index (χ0n) is 68.4.